The number of para-hydroxylation sites is 1. The highest BCUT2D eigenvalue weighted by Gasteiger charge is 2.07. The molecule has 0 radical (unpaired) electrons. The van der Waals surface area contributed by atoms with Gasteiger partial charge in [0.05, 0.1) is 12.8 Å². The molecule has 0 aliphatic heterocycles. The van der Waals surface area contributed by atoms with Gasteiger partial charge < -0.3 is 14.7 Å². The first-order valence-corrected chi connectivity index (χ1v) is 9.68. The Bertz CT molecular complexity index is 973. The van der Waals surface area contributed by atoms with Crippen molar-refractivity contribution in [2.45, 2.75) is 0 Å². The number of aliphatic hydroxyl groups excluding tert-OH is 1. The molecule has 0 unspecified atom stereocenters. The number of hydrogen-bond donors (Lipinski definition) is 2. The Morgan fingerprint density at radius 3 is 2.47 bits per heavy atom. The van der Waals surface area contributed by atoms with Crippen molar-refractivity contribution in [3.8, 4) is 16.9 Å². The van der Waals surface area contributed by atoms with Crippen molar-refractivity contribution in [3.63, 3.8) is 0 Å². The van der Waals surface area contributed by atoms with Crippen LogP contribution in [0.4, 0.5) is 5.69 Å². The van der Waals surface area contributed by atoms with E-state index in [2.05, 4.69) is 10.5 Å². The van der Waals surface area contributed by atoms with Gasteiger partial charge in [0.2, 0.25) is 0 Å². The topological polar surface area (TPSA) is 74.2 Å². The van der Waals surface area contributed by atoms with E-state index in [0.29, 0.717) is 12.3 Å². The molecule has 0 heterocycles. The number of amides is 1. The first kappa shape index (κ1) is 21.1. The largest absolute Gasteiger partial charge is 0.483 e. The maximum Gasteiger partial charge on any atom is 0.277 e. The van der Waals surface area contributed by atoms with Crippen LogP contribution >= 0.6 is 0 Å². The van der Waals surface area contributed by atoms with E-state index < -0.39 is 0 Å². The SMILES string of the molecule is CN(CCO)c1ccc(/C=N/NC(=O)COc2ccccc2-c2ccccc2)cc1. The molecule has 2 N–H and O–H groups in total. The second-order valence-corrected chi connectivity index (χ2v) is 6.68. The van der Waals surface area contributed by atoms with Crippen LogP contribution in [0.5, 0.6) is 5.75 Å². The van der Waals surface area contributed by atoms with Crippen LogP contribution in [0.2, 0.25) is 0 Å². The van der Waals surface area contributed by atoms with Crippen LogP contribution in [-0.4, -0.2) is 44.0 Å². The Morgan fingerprint density at radius 2 is 1.73 bits per heavy atom. The molecule has 0 aliphatic carbocycles. The van der Waals surface area contributed by atoms with Gasteiger partial charge in [-0.2, -0.15) is 5.10 Å². The molecule has 0 aliphatic rings. The summed E-state index contributed by atoms with van der Waals surface area (Å²) in [7, 11) is 1.91. The van der Waals surface area contributed by atoms with E-state index in [1.54, 1.807) is 6.21 Å². The fourth-order valence-corrected chi connectivity index (χ4v) is 2.90. The highest BCUT2D eigenvalue weighted by atomic mass is 16.5. The number of aliphatic hydroxyl groups is 1. The molecule has 0 bridgehead atoms. The lowest BCUT2D eigenvalue weighted by Gasteiger charge is -2.17. The van der Waals surface area contributed by atoms with E-state index in [-0.39, 0.29) is 19.1 Å². The first-order valence-electron chi connectivity index (χ1n) is 9.68. The smallest absolute Gasteiger partial charge is 0.277 e. The summed E-state index contributed by atoms with van der Waals surface area (Å²) in [5.74, 6) is 0.304. The third kappa shape index (κ3) is 5.93. The molecule has 154 valence electrons. The molecule has 0 saturated carbocycles. The predicted octanol–water partition coefficient (Wildman–Crippen LogP) is 3.31. The normalized spacial score (nSPS) is 10.7. The summed E-state index contributed by atoms with van der Waals surface area (Å²) >= 11 is 0. The standard InChI is InChI=1S/C24H25N3O3/c1-27(15-16-28)21-13-11-19(12-14-21)17-25-26-24(29)18-30-23-10-6-5-9-22(23)20-7-3-2-4-8-20/h2-14,17,28H,15-16,18H2,1H3,(H,26,29)/b25-17+. The van der Waals surface area contributed by atoms with Gasteiger partial charge in [0, 0.05) is 24.8 Å². The molecule has 0 fully saturated rings. The molecule has 6 nitrogen and oxygen atoms in total. The van der Waals surface area contributed by atoms with Gasteiger partial charge in [0.15, 0.2) is 6.61 Å². The molecule has 30 heavy (non-hydrogen) atoms. The van der Waals surface area contributed by atoms with Gasteiger partial charge in [-0.1, -0.05) is 60.7 Å². The summed E-state index contributed by atoms with van der Waals surface area (Å²) < 4.78 is 5.71. The Morgan fingerprint density at radius 1 is 1.03 bits per heavy atom. The quantitative estimate of drug-likeness (QED) is 0.425. The number of carbonyl (C=O) groups is 1. The molecule has 1 amide bonds. The fraction of sp³-hybridized carbons (Fsp3) is 0.167. The van der Waals surface area contributed by atoms with Gasteiger partial charge in [-0.15, -0.1) is 0 Å². The maximum atomic E-state index is 12.1. The van der Waals surface area contributed by atoms with Gasteiger partial charge in [0.25, 0.3) is 5.91 Å². The van der Waals surface area contributed by atoms with Crippen molar-refractivity contribution in [2.75, 3.05) is 31.7 Å². The van der Waals surface area contributed by atoms with Gasteiger partial charge >= 0.3 is 0 Å². The Balaban J connectivity index is 1.52. The first-order chi connectivity index (χ1) is 14.7. The summed E-state index contributed by atoms with van der Waals surface area (Å²) in [5, 5.41) is 13.0. The molecule has 0 aromatic heterocycles. The zero-order valence-corrected chi connectivity index (χ0v) is 16.9. The Hall–Kier alpha value is -3.64. The summed E-state index contributed by atoms with van der Waals surface area (Å²) in [6.07, 6.45) is 1.58. The minimum Gasteiger partial charge on any atom is -0.483 e. The highest BCUT2D eigenvalue weighted by molar-refractivity contribution is 5.83. The fourth-order valence-electron chi connectivity index (χ4n) is 2.90. The summed E-state index contributed by atoms with van der Waals surface area (Å²) in [4.78, 5) is 14.0. The number of nitrogens with zero attached hydrogens (tertiary/aromatic N) is 2. The van der Waals surface area contributed by atoms with Crippen molar-refractivity contribution < 1.29 is 14.6 Å². The minimum absolute atomic E-state index is 0.101. The van der Waals surface area contributed by atoms with Crippen LogP contribution in [-0.2, 0) is 4.79 Å². The second kappa shape index (κ2) is 10.8. The molecule has 3 aromatic rings. The molecule has 0 atom stereocenters. The highest BCUT2D eigenvalue weighted by Crippen LogP contribution is 2.29. The van der Waals surface area contributed by atoms with Crippen molar-refractivity contribution in [1.82, 2.24) is 5.43 Å². The van der Waals surface area contributed by atoms with Crippen LogP contribution in [0.3, 0.4) is 0 Å². The predicted molar refractivity (Wildman–Crippen MR) is 120 cm³/mol. The van der Waals surface area contributed by atoms with E-state index >= 15 is 0 Å². The molecular formula is C24H25N3O3. The molecule has 6 heteroatoms. The van der Waals surface area contributed by atoms with Crippen LogP contribution in [0.15, 0.2) is 84.0 Å². The van der Waals surface area contributed by atoms with E-state index in [4.69, 9.17) is 9.84 Å². The third-order valence-electron chi connectivity index (χ3n) is 4.50. The summed E-state index contributed by atoms with van der Waals surface area (Å²) in [6.45, 7) is 0.534. The number of nitrogens with one attached hydrogen (secondary N) is 1. The van der Waals surface area contributed by atoms with Crippen molar-refractivity contribution in [1.29, 1.82) is 0 Å². The molecular weight excluding hydrogens is 378 g/mol. The molecule has 3 aromatic carbocycles. The van der Waals surface area contributed by atoms with Crippen molar-refractivity contribution in [3.05, 3.63) is 84.4 Å². The molecule has 3 rings (SSSR count). The number of hydrazone groups is 1. The maximum absolute atomic E-state index is 12.1. The van der Waals surface area contributed by atoms with E-state index in [0.717, 1.165) is 22.4 Å². The van der Waals surface area contributed by atoms with Crippen molar-refractivity contribution in [2.24, 2.45) is 5.10 Å². The number of rotatable bonds is 9. The monoisotopic (exact) mass is 403 g/mol. The van der Waals surface area contributed by atoms with Gasteiger partial charge in [-0.3, -0.25) is 4.79 Å². The van der Waals surface area contributed by atoms with Crippen LogP contribution in [0, 0.1) is 0 Å². The lowest BCUT2D eigenvalue weighted by Crippen LogP contribution is -2.24. The van der Waals surface area contributed by atoms with Gasteiger partial charge in [0.1, 0.15) is 5.75 Å². The van der Waals surface area contributed by atoms with Crippen LogP contribution < -0.4 is 15.1 Å². The Labute approximate surface area is 176 Å². The van der Waals surface area contributed by atoms with E-state index in [9.17, 15) is 4.79 Å². The number of hydrogen-bond acceptors (Lipinski definition) is 5. The second-order valence-electron chi connectivity index (χ2n) is 6.68. The lowest BCUT2D eigenvalue weighted by molar-refractivity contribution is -0.123. The molecule has 0 saturated heterocycles. The number of anilines is 1. The zero-order chi connectivity index (χ0) is 21.2. The van der Waals surface area contributed by atoms with Crippen LogP contribution in [0.25, 0.3) is 11.1 Å². The van der Waals surface area contributed by atoms with E-state index in [1.807, 2.05) is 90.8 Å². The average Bonchev–Trinajstić information content (AvgIpc) is 2.79. The molecule has 0 spiro atoms. The van der Waals surface area contributed by atoms with Gasteiger partial charge in [-0.25, -0.2) is 5.43 Å². The minimum atomic E-state index is -0.339. The zero-order valence-electron chi connectivity index (χ0n) is 16.9. The lowest BCUT2D eigenvalue weighted by atomic mass is 10.1. The van der Waals surface area contributed by atoms with Crippen molar-refractivity contribution >= 4 is 17.8 Å². The third-order valence-corrected chi connectivity index (χ3v) is 4.50. The summed E-state index contributed by atoms with van der Waals surface area (Å²) in [6, 6.07) is 25.2. The van der Waals surface area contributed by atoms with E-state index in [1.165, 1.54) is 0 Å². The van der Waals surface area contributed by atoms with Gasteiger partial charge in [-0.05, 0) is 29.3 Å². The number of ether oxygens (including phenoxy) is 1. The Kier molecular flexibility index (Phi) is 7.58. The number of carbonyl (C=O) groups excluding carboxylic acids is 1. The number of likely N-dealkylation sites (N-methyl/N-ethyl adjacent to an activating group) is 1. The number of benzene rings is 3. The summed E-state index contributed by atoms with van der Waals surface area (Å²) in [5.41, 5.74) is 6.29. The average molecular weight is 403 g/mol. The van der Waals surface area contributed by atoms with Crippen LogP contribution in [0.1, 0.15) is 5.56 Å².